The number of aromatic nitrogens is 1. The van der Waals surface area contributed by atoms with Gasteiger partial charge in [0.2, 0.25) is 5.91 Å². The van der Waals surface area contributed by atoms with E-state index in [4.69, 9.17) is 11.6 Å². The summed E-state index contributed by atoms with van der Waals surface area (Å²) < 4.78 is 40.2. The van der Waals surface area contributed by atoms with Gasteiger partial charge in [-0.25, -0.2) is 0 Å². The standard InChI is InChI=1S/C22H19ClF3N3O2S/c1-13-12-29(21(32-13)28-20(31)17-8-3-4-9-18(17)23)14(2)19(30)27-11-15-6-5-7-16(10-15)22(24,25)26/h3-10,12,14H,11H2,1-2H3,(H,27,30)/t14-/m1/s1. The third kappa shape index (κ3) is 5.66. The highest BCUT2D eigenvalue weighted by Gasteiger charge is 2.30. The number of nitrogens with one attached hydrogen (secondary N) is 1. The quantitative estimate of drug-likeness (QED) is 0.548. The number of carbonyl (C=O) groups is 2. The topological polar surface area (TPSA) is 63.5 Å². The second-order valence-electron chi connectivity index (χ2n) is 7.02. The van der Waals surface area contributed by atoms with Crippen LogP contribution in [0.5, 0.6) is 0 Å². The second kappa shape index (κ2) is 9.70. The van der Waals surface area contributed by atoms with Crippen molar-refractivity contribution < 1.29 is 22.8 Å². The van der Waals surface area contributed by atoms with E-state index in [-0.39, 0.29) is 17.1 Å². The van der Waals surface area contributed by atoms with Crippen LogP contribution in [0.25, 0.3) is 0 Å². The van der Waals surface area contributed by atoms with Gasteiger partial charge in [-0.2, -0.15) is 18.2 Å². The minimum absolute atomic E-state index is 0.0677. The van der Waals surface area contributed by atoms with Gasteiger partial charge < -0.3 is 9.88 Å². The Hall–Kier alpha value is -2.91. The monoisotopic (exact) mass is 481 g/mol. The molecule has 0 spiro atoms. The van der Waals surface area contributed by atoms with Crippen molar-refractivity contribution in [1.82, 2.24) is 9.88 Å². The van der Waals surface area contributed by atoms with E-state index in [0.717, 1.165) is 17.0 Å². The summed E-state index contributed by atoms with van der Waals surface area (Å²) in [4.78, 5) is 30.5. The van der Waals surface area contributed by atoms with Crippen LogP contribution < -0.4 is 10.1 Å². The van der Waals surface area contributed by atoms with Gasteiger partial charge in [0, 0.05) is 17.6 Å². The zero-order chi connectivity index (χ0) is 23.5. The summed E-state index contributed by atoms with van der Waals surface area (Å²) >= 11 is 7.30. The first kappa shape index (κ1) is 23.7. The van der Waals surface area contributed by atoms with Crippen LogP contribution >= 0.6 is 22.9 Å². The summed E-state index contributed by atoms with van der Waals surface area (Å²) in [5.41, 5.74) is -0.210. The lowest BCUT2D eigenvalue weighted by Gasteiger charge is -2.14. The van der Waals surface area contributed by atoms with Crippen molar-refractivity contribution in [1.29, 1.82) is 0 Å². The molecule has 0 aliphatic carbocycles. The Bertz CT molecular complexity index is 1220. The van der Waals surface area contributed by atoms with Crippen molar-refractivity contribution in [3.63, 3.8) is 0 Å². The van der Waals surface area contributed by atoms with Gasteiger partial charge in [0.05, 0.1) is 16.1 Å². The number of amides is 2. The van der Waals surface area contributed by atoms with Gasteiger partial charge in [0.15, 0.2) is 4.80 Å². The second-order valence-corrected chi connectivity index (χ2v) is 8.64. The molecular formula is C22H19ClF3N3O2S. The Balaban J connectivity index is 1.78. The summed E-state index contributed by atoms with van der Waals surface area (Å²) in [5, 5.41) is 2.91. The molecule has 0 aliphatic heterocycles. The number of aryl methyl sites for hydroxylation is 1. The fourth-order valence-electron chi connectivity index (χ4n) is 2.93. The van der Waals surface area contributed by atoms with Gasteiger partial charge >= 0.3 is 6.18 Å². The third-order valence-corrected chi connectivity index (χ3v) is 5.85. The zero-order valence-electron chi connectivity index (χ0n) is 17.1. The van der Waals surface area contributed by atoms with E-state index in [9.17, 15) is 22.8 Å². The number of alkyl halides is 3. The van der Waals surface area contributed by atoms with E-state index in [0.29, 0.717) is 10.4 Å². The summed E-state index contributed by atoms with van der Waals surface area (Å²) in [6.45, 7) is 3.36. The predicted octanol–water partition coefficient (Wildman–Crippen LogP) is 5.15. The Labute approximate surface area is 191 Å². The first-order valence-corrected chi connectivity index (χ1v) is 10.7. The van der Waals surface area contributed by atoms with E-state index in [1.54, 1.807) is 42.0 Å². The van der Waals surface area contributed by atoms with Crippen LogP contribution in [0.15, 0.2) is 59.7 Å². The molecule has 0 fully saturated rings. The molecule has 10 heteroatoms. The van der Waals surface area contributed by atoms with Gasteiger partial charge in [0.25, 0.3) is 5.91 Å². The van der Waals surface area contributed by atoms with Gasteiger partial charge in [-0.3, -0.25) is 9.59 Å². The smallest absolute Gasteiger partial charge is 0.350 e. The Morgan fingerprint density at radius 1 is 1.19 bits per heavy atom. The van der Waals surface area contributed by atoms with Crippen LogP contribution in [0.4, 0.5) is 13.2 Å². The predicted molar refractivity (Wildman–Crippen MR) is 116 cm³/mol. The Morgan fingerprint density at radius 3 is 2.59 bits per heavy atom. The molecular weight excluding hydrogens is 463 g/mol. The van der Waals surface area contributed by atoms with E-state index >= 15 is 0 Å². The van der Waals surface area contributed by atoms with Gasteiger partial charge in [-0.05, 0) is 43.7 Å². The largest absolute Gasteiger partial charge is 0.416 e. The lowest BCUT2D eigenvalue weighted by Crippen LogP contribution is -2.34. The molecule has 2 aromatic carbocycles. The maximum Gasteiger partial charge on any atom is 0.416 e. The zero-order valence-corrected chi connectivity index (χ0v) is 18.7. The molecule has 0 aliphatic rings. The minimum Gasteiger partial charge on any atom is -0.350 e. The molecule has 32 heavy (non-hydrogen) atoms. The molecule has 1 aromatic heterocycles. The van der Waals surface area contributed by atoms with E-state index in [1.807, 2.05) is 6.92 Å². The molecule has 0 radical (unpaired) electrons. The fourth-order valence-corrected chi connectivity index (χ4v) is 4.05. The van der Waals surface area contributed by atoms with Crippen LogP contribution in [0, 0.1) is 6.92 Å². The average molecular weight is 482 g/mol. The molecule has 1 N–H and O–H groups in total. The van der Waals surface area contributed by atoms with Crippen molar-refractivity contribution in [2.24, 2.45) is 4.99 Å². The van der Waals surface area contributed by atoms with Crippen LogP contribution in [0.2, 0.25) is 5.02 Å². The lowest BCUT2D eigenvalue weighted by molar-refractivity contribution is -0.137. The minimum atomic E-state index is -4.46. The highest BCUT2D eigenvalue weighted by atomic mass is 35.5. The van der Waals surface area contributed by atoms with Crippen molar-refractivity contribution >= 4 is 34.8 Å². The van der Waals surface area contributed by atoms with Crippen molar-refractivity contribution in [2.45, 2.75) is 32.6 Å². The summed E-state index contributed by atoms with van der Waals surface area (Å²) in [7, 11) is 0. The first-order valence-electron chi connectivity index (χ1n) is 9.52. The third-order valence-electron chi connectivity index (χ3n) is 4.61. The summed E-state index contributed by atoms with van der Waals surface area (Å²) in [6.07, 6.45) is -2.76. The number of rotatable bonds is 5. The van der Waals surface area contributed by atoms with E-state index in [1.165, 1.54) is 23.5 Å². The van der Waals surface area contributed by atoms with Crippen LogP contribution in [0.3, 0.4) is 0 Å². The number of carbonyl (C=O) groups excluding carboxylic acids is 2. The first-order chi connectivity index (χ1) is 15.1. The number of thiazole rings is 1. The van der Waals surface area contributed by atoms with Gasteiger partial charge in [-0.1, -0.05) is 35.9 Å². The molecule has 3 rings (SSSR count). The fraction of sp³-hybridized carbons (Fsp3) is 0.227. The molecule has 0 unspecified atom stereocenters. The van der Waals surface area contributed by atoms with Crippen molar-refractivity contribution in [3.8, 4) is 0 Å². The molecule has 0 saturated carbocycles. The Kier molecular flexibility index (Phi) is 7.20. The van der Waals surface area contributed by atoms with Crippen LogP contribution in [-0.4, -0.2) is 16.4 Å². The number of hydrogen-bond acceptors (Lipinski definition) is 3. The average Bonchev–Trinajstić information content (AvgIpc) is 3.11. The van der Waals surface area contributed by atoms with E-state index < -0.39 is 29.6 Å². The molecule has 168 valence electrons. The number of nitrogens with zero attached hydrogens (tertiary/aromatic N) is 2. The van der Waals surface area contributed by atoms with Crippen LogP contribution in [-0.2, 0) is 17.5 Å². The van der Waals surface area contributed by atoms with Crippen molar-refractivity contribution in [3.05, 3.63) is 86.1 Å². The molecule has 3 aromatic rings. The molecule has 0 saturated heterocycles. The number of benzene rings is 2. The molecule has 1 atom stereocenters. The number of hydrogen-bond donors (Lipinski definition) is 1. The molecule has 2 amide bonds. The maximum atomic E-state index is 12.9. The van der Waals surface area contributed by atoms with E-state index in [2.05, 4.69) is 10.3 Å². The van der Waals surface area contributed by atoms with Gasteiger partial charge in [-0.15, -0.1) is 11.3 Å². The molecule has 5 nitrogen and oxygen atoms in total. The lowest BCUT2D eigenvalue weighted by atomic mass is 10.1. The SMILES string of the molecule is Cc1cn([C@H](C)C(=O)NCc2cccc(C(F)(F)F)c2)c(=NC(=O)c2ccccc2Cl)s1. The van der Waals surface area contributed by atoms with Crippen molar-refractivity contribution in [2.75, 3.05) is 0 Å². The molecule has 0 bridgehead atoms. The highest BCUT2D eigenvalue weighted by molar-refractivity contribution is 7.09. The summed E-state index contributed by atoms with van der Waals surface area (Å²) in [5.74, 6) is -0.963. The maximum absolute atomic E-state index is 12.9. The highest BCUT2D eigenvalue weighted by Crippen LogP contribution is 2.29. The molecule has 1 heterocycles. The number of halogens is 4. The Morgan fingerprint density at radius 2 is 1.91 bits per heavy atom. The van der Waals surface area contributed by atoms with Crippen LogP contribution in [0.1, 0.15) is 39.3 Å². The summed E-state index contributed by atoms with van der Waals surface area (Å²) in [6, 6.07) is 10.5. The van der Waals surface area contributed by atoms with Gasteiger partial charge in [0.1, 0.15) is 6.04 Å². The normalized spacial score (nSPS) is 13.1.